The van der Waals surface area contributed by atoms with Crippen LogP contribution in [0.1, 0.15) is 49.2 Å². The largest absolute Gasteiger partial charge is 0.262 e. The lowest BCUT2D eigenvalue weighted by atomic mass is 10.1. The summed E-state index contributed by atoms with van der Waals surface area (Å²) in [6.45, 7) is 2.18. The number of nitrogens with one attached hydrogen (secondary N) is 1. The molecule has 1 fully saturated rings. The second-order valence-corrected chi connectivity index (χ2v) is 5.81. The quantitative estimate of drug-likeness (QED) is 0.897. The number of hydrogen-bond donors (Lipinski definition) is 1. The summed E-state index contributed by atoms with van der Waals surface area (Å²) in [4.78, 5) is 7.23. The van der Waals surface area contributed by atoms with E-state index in [0.29, 0.717) is 5.92 Å². The van der Waals surface area contributed by atoms with Gasteiger partial charge in [0.15, 0.2) is 5.82 Å². The first kappa shape index (κ1) is 11.0. The zero-order valence-electron chi connectivity index (χ0n) is 10.1. The molecule has 0 unspecified atom stereocenters. The Kier molecular flexibility index (Phi) is 2.97. The number of rotatable bonds is 3. The summed E-state index contributed by atoms with van der Waals surface area (Å²) >= 11 is 1.80. The van der Waals surface area contributed by atoms with Gasteiger partial charge in [-0.25, -0.2) is 4.98 Å². The van der Waals surface area contributed by atoms with Crippen LogP contribution in [-0.2, 0) is 6.42 Å². The third kappa shape index (κ3) is 2.14. The Morgan fingerprint density at radius 3 is 2.88 bits per heavy atom. The molecule has 1 aliphatic carbocycles. The van der Waals surface area contributed by atoms with Crippen molar-refractivity contribution in [3.8, 4) is 10.7 Å². The van der Waals surface area contributed by atoms with Gasteiger partial charge in [-0.2, -0.15) is 5.10 Å². The topological polar surface area (TPSA) is 41.6 Å². The van der Waals surface area contributed by atoms with E-state index < -0.39 is 0 Å². The van der Waals surface area contributed by atoms with Crippen LogP contribution >= 0.6 is 11.3 Å². The Balaban J connectivity index is 1.83. The smallest absolute Gasteiger partial charge is 0.191 e. The van der Waals surface area contributed by atoms with Crippen molar-refractivity contribution in [3.05, 3.63) is 22.8 Å². The molecule has 0 radical (unpaired) electrons. The lowest BCUT2D eigenvalue weighted by molar-refractivity contribution is 0.672. The lowest BCUT2D eigenvalue weighted by Gasteiger charge is -2.01. The number of hydrogen-bond acceptors (Lipinski definition) is 3. The van der Waals surface area contributed by atoms with Gasteiger partial charge in [-0.05, 0) is 31.4 Å². The van der Waals surface area contributed by atoms with Crippen molar-refractivity contribution >= 4 is 11.3 Å². The van der Waals surface area contributed by atoms with Crippen LogP contribution in [0.2, 0.25) is 0 Å². The standard InChI is InChI=1S/C13H17N3S/c1-2-10-7-8-11(17-10)13-14-12(15-16-13)9-5-3-4-6-9/h7-9H,2-6H2,1H3,(H,14,15,16). The van der Waals surface area contributed by atoms with Gasteiger partial charge in [-0.1, -0.05) is 19.8 Å². The molecule has 2 aromatic heterocycles. The monoisotopic (exact) mass is 247 g/mol. The van der Waals surface area contributed by atoms with Crippen LogP contribution in [0.4, 0.5) is 0 Å². The maximum absolute atomic E-state index is 4.65. The van der Waals surface area contributed by atoms with Crippen LogP contribution < -0.4 is 0 Å². The summed E-state index contributed by atoms with van der Waals surface area (Å²) < 4.78 is 0. The van der Waals surface area contributed by atoms with Crippen molar-refractivity contribution < 1.29 is 0 Å². The fourth-order valence-corrected chi connectivity index (χ4v) is 3.34. The molecule has 17 heavy (non-hydrogen) atoms. The summed E-state index contributed by atoms with van der Waals surface area (Å²) in [6.07, 6.45) is 6.28. The van der Waals surface area contributed by atoms with E-state index in [9.17, 15) is 0 Å². The van der Waals surface area contributed by atoms with Crippen molar-refractivity contribution in [1.29, 1.82) is 0 Å². The summed E-state index contributed by atoms with van der Waals surface area (Å²) in [5, 5.41) is 7.47. The maximum Gasteiger partial charge on any atom is 0.191 e. The SMILES string of the molecule is CCc1ccc(-c2n[nH]c(C3CCCC3)n2)s1. The molecular formula is C13H17N3S. The first-order chi connectivity index (χ1) is 8.36. The molecule has 0 aliphatic heterocycles. The highest BCUT2D eigenvalue weighted by molar-refractivity contribution is 7.15. The average molecular weight is 247 g/mol. The number of aromatic amines is 1. The van der Waals surface area contributed by atoms with E-state index in [1.165, 1.54) is 35.4 Å². The minimum absolute atomic E-state index is 0.613. The Labute approximate surface area is 105 Å². The highest BCUT2D eigenvalue weighted by atomic mass is 32.1. The molecule has 2 heterocycles. The van der Waals surface area contributed by atoms with Gasteiger partial charge in [0.2, 0.25) is 0 Å². The molecule has 0 spiro atoms. The zero-order chi connectivity index (χ0) is 11.7. The van der Waals surface area contributed by atoms with E-state index >= 15 is 0 Å². The first-order valence-corrected chi connectivity index (χ1v) is 7.20. The van der Waals surface area contributed by atoms with Gasteiger partial charge in [0.25, 0.3) is 0 Å². The van der Waals surface area contributed by atoms with Gasteiger partial charge >= 0.3 is 0 Å². The number of nitrogens with zero attached hydrogens (tertiary/aromatic N) is 2. The summed E-state index contributed by atoms with van der Waals surface area (Å²) in [6, 6.07) is 4.30. The summed E-state index contributed by atoms with van der Waals surface area (Å²) in [5.74, 6) is 2.57. The minimum atomic E-state index is 0.613. The molecule has 3 rings (SSSR count). The molecule has 0 amide bonds. The highest BCUT2D eigenvalue weighted by Crippen LogP contribution is 2.33. The third-order valence-corrected chi connectivity index (χ3v) is 4.70. The van der Waals surface area contributed by atoms with E-state index in [-0.39, 0.29) is 0 Å². The predicted molar refractivity (Wildman–Crippen MR) is 70.3 cm³/mol. The Morgan fingerprint density at radius 1 is 1.35 bits per heavy atom. The Hall–Kier alpha value is -1.16. The number of thiophene rings is 1. The molecule has 1 saturated carbocycles. The van der Waals surface area contributed by atoms with E-state index in [0.717, 1.165) is 18.1 Å². The number of H-pyrrole nitrogens is 1. The van der Waals surface area contributed by atoms with Crippen molar-refractivity contribution in [1.82, 2.24) is 15.2 Å². The summed E-state index contributed by atoms with van der Waals surface area (Å²) in [7, 11) is 0. The molecular weight excluding hydrogens is 230 g/mol. The Bertz CT molecular complexity index is 494. The van der Waals surface area contributed by atoms with Gasteiger partial charge in [-0.3, -0.25) is 5.10 Å². The fraction of sp³-hybridized carbons (Fsp3) is 0.538. The molecule has 1 aliphatic rings. The minimum Gasteiger partial charge on any atom is -0.262 e. The first-order valence-electron chi connectivity index (χ1n) is 6.38. The van der Waals surface area contributed by atoms with E-state index in [1.54, 1.807) is 11.3 Å². The second kappa shape index (κ2) is 4.61. The Morgan fingerprint density at radius 2 is 2.18 bits per heavy atom. The lowest BCUT2D eigenvalue weighted by Crippen LogP contribution is -1.94. The molecule has 1 N–H and O–H groups in total. The van der Waals surface area contributed by atoms with Gasteiger partial charge in [0, 0.05) is 10.8 Å². The van der Waals surface area contributed by atoms with Crippen LogP contribution in [0.5, 0.6) is 0 Å². The van der Waals surface area contributed by atoms with Gasteiger partial charge in [0.05, 0.1) is 4.88 Å². The fourth-order valence-electron chi connectivity index (χ4n) is 2.45. The normalized spacial score (nSPS) is 16.8. The van der Waals surface area contributed by atoms with Crippen molar-refractivity contribution in [2.24, 2.45) is 0 Å². The van der Waals surface area contributed by atoms with Crippen molar-refractivity contribution in [3.63, 3.8) is 0 Å². The molecule has 0 aromatic carbocycles. The number of aryl methyl sites for hydroxylation is 1. The zero-order valence-corrected chi connectivity index (χ0v) is 10.9. The van der Waals surface area contributed by atoms with Crippen molar-refractivity contribution in [2.75, 3.05) is 0 Å². The van der Waals surface area contributed by atoms with E-state index in [2.05, 4.69) is 34.2 Å². The predicted octanol–water partition coefficient (Wildman–Crippen LogP) is 3.75. The highest BCUT2D eigenvalue weighted by Gasteiger charge is 2.21. The second-order valence-electron chi connectivity index (χ2n) is 4.65. The number of aromatic nitrogens is 3. The molecule has 0 atom stereocenters. The van der Waals surface area contributed by atoms with Gasteiger partial charge < -0.3 is 0 Å². The van der Waals surface area contributed by atoms with Gasteiger partial charge in [-0.15, -0.1) is 11.3 Å². The summed E-state index contributed by atoms with van der Waals surface area (Å²) in [5.41, 5.74) is 0. The van der Waals surface area contributed by atoms with Crippen LogP contribution in [0.15, 0.2) is 12.1 Å². The van der Waals surface area contributed by atoms with Gasteiger partial charge in [0.1, 0.15) is 5.82 Å². The molecule has 4 heteroatoms. The average Bonchev–Trinajstić information content (AvgIpc) is 3.09. The van der Waals surface area contributed by atoms with Crippen LogP contribution in [-0.4, -0.2) is 15.2 Å². The molecule has 0 saturated heterocycles. The van der Waals surface area contributed by atoms with Crippen LogP contribution in [0.3, 0.4) is 0 Å². The van der Waals surface area contributed by atoms with E-state index in [1.807, 2.05) is 0 Å². The van der Waals surface area contributed by atoms with Crippen LogP contribution in [0.25, 0.3) is 10.7 Å². The molecule has 90 valence electrons. The van der Waals surface area contributed by atoms with Crippen molar-refractivity contribution in [2.45, 2.75) is 44.9 Å². The third-order valence-electron chi connectivity index (χ3n) is 3.48. The maximum atomic E-state index is 4.65. The van der Waals surface area contributed by atoms with Crippen LogP contribution in [0, 0.1) is 0 Å². The van der Waals surface area contributed by atoms with E-state index in [4.69, 9.17) is 0 Å². The molecule has 3 nitrogen and oxygen atoms in total. The molecule has 2 aromatic rings. The molecule has 0 bridgehead atoms.